The molecule has 4 nitrogen and oxygen atoms in total. The molecule has 0 saturated heterocycles. The van der Waals surface area contributed by atoms with E-state index in [2.05, 4.69) is 4.98 Å². The second-order valence-corrected chi connectivity index (χ2v) is 4.75. The molecule has 3 aromatic rings. The largest absolute Gasteiger partial charge is 0.439 e. The van der Waals surface area contributed by atoms with Gasteiger partial charge in [0.15, 0.2) is 0 Å². The standard InChI is InChI=1S/C17H16N2O2/c18-10-14-9-13-3-1-2-4-16(13)19-17(14)21-15-7-5-12(11-20)6-8-15/h1-9,20H,10-11,18H2. The number of nitrogens with two attached hydrogens (primary N) is 1. The normalized spacial score (nSPS) is 10.8. The summed E-state index contributed by atoms with van der Waals surface area (Å²) in [6.07, 6.45) is 0. The SMILES string of the molecule is NCc1cc2ccccc2nc1Oc1ccc(CO)cc1. The van der Waals surface area contributed by atoms with Gasteiger partial charge in [-0.15, -0.1) is 0 Å². The molecular weight excluding hydrogens is 264 g/mol. The van der Waals surface area contributed by atoms with Gasteiger partial charge < -0.3 is 15.6 Å². The van der Waals surface area contributed by atoms with E-state index in [1.807, 2.05) is 54.6 Å². The Bertz CT molecular complexity index is 754. The Morgan fingerprint density at radius 2 is 1.81 bits per heavy atom. The van der Waals surface area contributed by atoms with Gasteiger partial charge in [0.25, 0.3) is 0 Å². The summed E-state index contributed by atoms with van der Waals surface area (Å²) in [6, 6.07) is 17.1. The lowest BCUT2D eigenvalue weighted by molar-refractivity contribution is 0.281. The molecule has 0 spiro atoms. The third kappa shape index (κ3) is 2.86. The first kappa shape index (κ1) is 13.5. The number of ether oxygens (including phenoxy) is 1. The molecule has 0 fully saturated rings. The second kappa shape index (κ2) is 5.91. The van der Waals surface area contributed by atoms with Crippen LogP contribution in [-0.2, 0) is 13.2 Å². The van der Waals surface area contributed by atoms with E-state index in [-0.39, 0.29) is 6.61 Å². The van der Waals surface area contributed by atoms with E-state index in [0.29, 0.717) is 18.2 Å². The fourth-order valence-electron chi connectivity index (χ4n) is 2.15. The third-order valence-corrected chi connectivity index (χ3v) is 3.30. The molecular formula is C17H16N2O2. The minimum absolute atomic E-state index is 0.0164. The molecule has 106 valence electrons. The average molecular weight is 280 g/mol. The molecule has 21 heavy (non-hydrogen) atoms. The summed E-state index contributed by atoms with van der Waals surface area (Å²) < 4.78 is 5.84. The summed E-state index contributed by atoms with van der Waals surface area (Å²) in [5.41, 5.74) is 8.36. The Kier molecular flexibility index (Phi) is 3.81. The maximum absolute atomic E-state index is 9.05. The van der Waals surface area contributed by atoms with Crippen LogP contribution in [0.5, 0.6) is 11.6 Å². The van der Waals surface area contributed by atoms with Crippen molar-refractivity contribution in [2.75, 3.05) is 0 Å². The molecule has 1 heterocycles. The zero-order chi connectivity index (χ0) is 14.7. The topological polar surface area (TPSA) is 68.4 Å². The lowest BCUT2D eigenvalue weighted by Crippen LogP contribution is -2.01. The van der Waals surface area contributed by atoms with E-state index in [9.17, 15) is 0 Å². The highest BCUT2D eigenvalue weighted by atomic mass is 16.5. The summed E-state index contributed by atoms with van der Waals surface area (Å²) >= 11 is 0. The number of nitrogens with zero attached hydrogens (tertiary/aromatic N) is 1. The predicted molar refractivity (Wildman–Crippen MR) is 82.1 cm³/mol. The minimum Gasteiger partial charge on any atom is -0.439 e. The van der Waals surface area contributed by atoms with Crippen LogP contribution in [0.4, 0.5) is 0 Å². The highest BCUT2D eigenvalue weighted by Gasteiger charge is 2.08. The first-order valence-electron chi connectivity index (χ1n) is 6.76. The number of aromatic nitrogens is 1. The van der Waals surface area contributed by atoms with Gasteiger partial charge in [-0.2, -0.15) is 0 Å². The van der Waals surface area contributed by atoms with Gasteiger partial charge in [-0.3, -0.25) is 0 Å². The molecule has 0 unspecified atom stereocenters. The van der Waals surface area contributed by atoms with Crippen molar-refractivity contribution in [3.05, 3.63) is 65.7 Å². The Hall–Kier alpha value is -2.43. The van der Waals surface area contributed by atoms with Crippen LogP contribution in [0.2, 0.25) is 0 Å². The van der Waals surface area contributed by atoms with Crippen molar-refractivity contribution in [3.63, 3.8) is 0 Å². The van der Waals surface area contributed by atoms with E-state index in [1.165, 1.54) is 0 Å². The maximum Gasteiger partial charge on any atom is 0.224 e. The van der Waals surface area contributed by atoms with Gasteiger partial charge in [0.05, 0.1) is 12.1 Å². The number of pyridine rings is 1. The number of aliphatic hydroxyl groups is 1. The molecule has 0 aliphatic carbocycles. The lowest BCUT2D eigenvalue weighted by Gasteiger charge is -2.10. The first-order valence-corrected chi connectivity index (χ1v) is 6.76. The number of para-hydroxylation sites is 1. The molecule has 0 bridgehead atoms. The Morgan fingerprint density at radius 1 is 1.05 bits per heavy atom. The van der Waals surface area contributed by atoms with Crippen LogP contribution in [0.3, 0.4) is 0 Å². The van der Waals surface area contributed by atoms with Crippen molar-refractivity contribution in [2.45, 2.75) is 13.2 Å². The Labute approximate surface area is 122 Å². The Balaban J connectivity index is 1.97. The number of benzene rings is 2. The summed E-state index contributed by atoms with van der Waals surface area (Å²) in [4.78, 5) is 4.53. The number of rotatable bonds is 4. The van der Waals surface area contributed by atoms with Gasteiger partial charge in [-0.25, -0.2) is 4.98 Å². The molecule has 0 aliphatic heterocycles. The summed E-state index contributed by atoms with van der Waals surface area (Å²) in [5.74, 6) is 1.19. The predicted octanol–water partition coefficient (Wildman–Crippen LogP) is 2.98. The summed E-state index contributed by atoms with van der Waals surface area (Å²) in [6.45, 7) is 0.379. The van der Waals surface area contributed by atoms with Crippen LogP contribution in [-0.4, -0.2) is 10.1 Å². The molecule has 0 saturated carbocycles. The number of fused-ring (bicyclic) bond motifs is 1. The molecule has 1 aromatic heterocycles. The van der Waals surface area contributed by atoms with Gasteiger partial charge >= 0.3 is 0 Å². The quantitative estimate of drug-likeness (QED) is 0.771. The molecule has 0 aliphatic rings. The summed E-state index contributed by atoms with van der Waals surface area (Å²) in [5, 5.41) is 10.1. The fourth-order valence-corrected chi connectivity index (χ4v) is 2.15. The highest BCUT2D eigenvalue weighted by Crippen LogP contribution is 2.26. The van der Waals surface area contributed by atoms with Crippen LogP contribution in [0, 0.1) is 0 Å². The van der Waals surface area contributed by atoms with Crippen molar-refractivity contribution < 1.29 is 9.84 Å². The van der Waals surface area contributed by atoms with Crippen molar-refractivity contribution >= 4 is 10.9 Å². The monoisotopic (exact) mass is 280 g/mol. The molecule has 0 atom stereocenters. The molecule has 3 rings (SSSR count). The smallest absolute Gasteiger partial charge is 0.224 e. The van der Waals surface area contributed by atoms with Crippen LogP contribution in [0.15, 0.2) is 54.6 Å². The second-order valence-electron chi connectivity index (χ2n) is 4.75. The van der Waals surface area contributed by atoms with Crippen molar-refractivity contribution in [1.82, 2.24) is 4.98 Å². The van der Waals surface area contributed by atoms with Gasteiger partial charge in [0.1, 0.15) is 5.75 Å². The minimum atomic E-state index is 0.0164. The Morgan fingerprint density at radius 3 is 2.52 bits per heavy atom. The summed E-state index contributed by atoms with van der Waals surface area (Å²) in [7, 11) is 0. The lowest BCUT2D eigenvalue weighted by atomic mass is 10.1. The van der Waals surface area contributed by atoms with Crippen LogP contribution in [0.25, 0.3) is 10.9 Å². The van der Waals surface area contributed by atoms with Crippen LogP contribution < -0.4 is 10.5 Å². The van der Waals surface area contributed by atoms with E-state index >= 15 is 0 Å². The third-order valence-electron chi connectivity index (χ3n) is 3.30. The van der Waals surface area contributed by atoms with E-state index < -0.39 is 0 Å². The number of aliphatic hydroxyl groups excluding tert-OH is 1. The first-order chi connectivity index (χ1) is 10.3. The maximum atomic E-state index is 9.05. The molecule has 4 heteroatoms. The highest BCUT2D eigenvalue weighted by molar-refractivity contribution is 5.80. The zero-order valence-corrected chi connectivity index (χ0v) is 11.5. The zero-order valence-electron chi connectivity index (χ0n) is 11.5. The molecule has 3 N–H and O–H groups in total. The molecule has 0 amide bonds. The van der Waals surface area contributed by atoms with Gasteiger partial charge in [0.2, 0.25) is 5.88 Å². The van der Waals surface area contributed by atoms with Crippen LogP contribution in [0.1, 0.15) is 11.1 Å². The van der Waals surface area contributed by atoms with Crippen molar-refractivity contribution in [3.8, 4) is 11.6 Å². The number of hydrogen-bond donors (Lipinski definition) is 2. The van der Waals surface area contributed by atoms with Crippen molar-refractivity contribution in [1.29, 1.82) is 0 Å². The van der Waals surface area contributed by atoms with E-state index in [1.54, 1.807) is 0 Å². The van der Waals surface area contributed by atoms with Crippen LogP contribution >= 0.6 is 0 Å². The molecule has 0 radical (unpaired) electrons. The van der Waals surface area contributed by atoms with Gasteiger partial charge in [0, 0.05) is 17.5 Å². The number of hydrogen-bond acceptors (Lipinski definition) is 4. The van der Waals surface area contributed by atoms with Gasteiger partial charge in [-0.1, -0.05) is 30.3 Å². The molecule has 2 aromatic carbocycles. The van der Waals surface area contributed by atoms with E-state index in [4.69, 9.17) is 15.6 Å². The van der Waals surface area contributed by atoms with Gasteiger partial charge in [-0.05, 0) is 29.8 Å². The van der Waals surface area contributed by atoms with E-state index in [0.717, 1.165) is 22.0 Å². The van der Waals surface area contributed by atoms with Crippen molar-refractivity contribution in [2.24, 2.45) is 5.73 Å². The fraction of sp³-hybridized carbons (Fsp3) is 0.118. The average Bonchev–Trinajstić information content (AvgIpc) is 2.55.